The van der Waals surface area contributed by atoms with Crippen molar-refractivity contribution in [1.82, 2.24) is 5.32 Å². The van der Waals surface area contributed by atoms with E-state index in [1.165, 1.54) is 13.8 Å². The predicted molar refractivity (Wildman–Crippen MR) is 71.3 cm³/mol. The van der Waals surface area contributed by atoms with Crippen molar-refractivity contribution in [2.45, 2.75) is 45.3 Å². The van der Waals surface area contributed by atoms with E-state index < -0.39 is 17.3 Å². The molecule has 0 rings (SSSR count). The number of rotatable bonds is 7. The topological polar surface area (TPSA) is 66.4 Å². The van der Waals surface area contributed by atoms with Gasteiger partial charge in [0.2, 0.25) is 5.91 Å². The van der Waals surface area contributed by atoms with Crippen LogP contribution in [0.4, 0.5) is 0 Å². The van der Waals surface area contributed by atoms with Crippen LogP contribution in [-0.2, 0) is 9.59 Å². The lowest BCUT2D eigenvalue weighted by atomic mass is 9.92. The van der Waals surface area contributed by atoms with Gasteiger partial charge in [-0.2, -0.15) is 11.8 Å². The van der Waals surface area contributed by atoms with Gasteiger partial charge in [-0.15, -0.1) is 0 Å². The fourth-order valence-corrected chi connectivity index (χ4v) is 2.21. The molecule has 100 valence electrons. The number of carboxylic acid groups (broad SMARTS) is 1. The molecule has 0 saturated heterocycles. The zero-order valence-corrected chi connectivity index (χ0v) is 12.1. The second-order valence-electron chi connectivity index (χ2n) is 4.71. The van der Waals surface area contributed by atoms with E-state index in [0.717, 1.165) is 12.8 Å². The number of thioether (sulfide) groups is 1. The van der Waals surface area contributed by atoms with Gasteiger partial charge in [0, 0.05) is 11.3 Å². The smallest absolute Gasteiger partial charge is 0.318 e. The van der Waals surface area contributed by atoms with Crippen molar-refractivity contribution in [3.63, 3.8) is 0 Å². The molecule has 0 aromatic carbocycles. The van der Waals surface area contributed by atoms with Crippen molar-refractivity contribution in [2.24, 2.45) is 5.41 Å². The third kappa shape index (κ3) is 3.91. The molecule has 0 atom stereocenters. The summed E-state index contributed by atoms with van der Waals surface area (Å²) in [6.45, 7) is 7.51. The highest BCUT2D eigenvalue weighted by atomic mass is 32.2. The molecule has 0 unspecified atom stereocenters. The number of hydrogen-bond donors (Lipinski definition) is 2. The Hall–Kier alpha value is -0.710. The van der Waals surface area contributed by atoms with E-state index in [0.29, 0.717) is 6.54 Å². The first kappa shape index (κ1) is 16.3. The average Bonchev–Trinajstić information content (AvgIpc) is 2.31. The Morgan fingerprint density at radius 2 is 1.71 bits per heavy atom. The van der Waals surface area contributed by atoms with Crippen LogP contribution in [0.15, 0.2) is 0 Å². The van der Waals surface area contributed by atoms with Crippen LogP contribution in [0.5, 0.6) is 0 Å². The third-order valence-electron chi connectivity index (χ3n) is 3.40. The molecule has 0 aromatic rings. The normalized spacial score (nSPS) is 12.3. The Morgan fingerprint density at radius 3 is 2.00 bits per heavy atom. The molecule has 0 aliphatic heterocycles. The van der Waals surface area contributed by atoms with Crippen LogP contribution in [0.1, 0.15) is 40.5 Å². The molecular weight excluding hydrogens is 238 g/mol. The van der Waals surface area contributed by atoms with Crippen LogP contribution in [0, 0.1) is 5.41 Å². The molecule has 0 fully saturated rings. The summed E-state index contributed by atoms with van der Waals surface area (Å²) in [6.07, 6.45) is 3.90. The Kier molecular flexibility index (Phi) is 6.02. The minimum absolute atomic E-state index is 0.00421. The van der Waals surface area contributed by atoms with Crippen molar-refractivity contribution < 1.29 is 14.7 Å². The van der Waals surface area contributed by atoms with Gasteiger partial charge < -0.3 is 10.4 Å². The zero-order chi connectivity index (χ0) is 13.7. The largest absolute Gasteiger partial charge is 0.480 e. The number of amides is 1. The van der Waals surface area contributed by atoms with Crippen LogP contribution in [0.3, 0.4) is 0 Å². The maximum absolute atomic E-state index is 11.8. The molecule has 0 bridgehead atoms. The molecule has 1 amide bonds. The van der Waals surface area contributed by atoms with Gasteiger partial charge in [-0.1, -0.05) is 13.8 Å². The zero-order valence-electron chi connectivity index (χ0n) is 11.3. The fourth-order valence-electron chi connectivity index (χ4n) is 1.42. The summed E-state index contributed by atoms with van der Waals surface area (Å²) < 4.78 is 0.00421. The molecule has 0 spiro atoms. The molecule has 5 heteroatoms. The lowest BCUT2D eigenvalue weighted by Gasteiger charge is -2.31. The van der Waals surface area contributed by atoms with Crippen LogP contribution in [0.25, 0.3) is 0 Å². The molecule has 2 N–H and O–H groups in total. The number of nitrogens with one attached hydrogen (secondary N) is 1. The molecule has 0 aliphatic rings. The van der Waals surface area contributed by atoms with E-state index in [1.54, 1.807) is 11.8 Å². The molecule has 0 radical (unpaired) electrons. The highest BCUT2D eigenvalue weighted by molar-refractivity contribution is 8.00. The maximum Gasteiger partial charge on any atom is 0.318 e. The second kappa shape index (κ2) is 6.28. The van der Waals surface area contributed by atoms with Gasteiger partial charge in [0.15, 0.2) is 0 Å². The van der Waals surface area contributed by atoms with Gasteiger partial charge in [-0.05, 0) is 32.9 Å². The molecule has 0 aliphatic carbocycles. The first-order chi connectivity index (χ1) is 7.75. The lowest BCUT2D eigenvalue weighted by Crippen LogP contribution is -2.47. The first-order valence-electron chi connectivity index (χ1n) is 5.82. The molecule has 17 heavy (non-hydrogen) atoms. The third-order valence-corrected chi connectivity index (χ3v) is 4.98. The Bertz CT molecular complexity index is 277. The Morgan fingerprint density at radius 1 is 1.24 bits per heavy atom. The van der Waals surface area contributed by atoms with E-state index in [2.05, 4.69) is 19.2 Å². The summed E-state index contributed by atoms with van der Waals surface area (Å²) in [5.74, 6) is -1.52. The summed E-state index contributed by atoms with van der Waals surface area (Å²) >= 11 is 1.72. The van der Waals surface area contributed by atoms with Crippen molar-refractivity contribution in [1.29, 1.82) is 0 Å². The number of carbonyl (C=O) groups excluding carboxylic acids is 1. The van der Waals surface area contributed by atoms with E-state index in [4.69, 9.17) is 5.11 Å². The quantitative estimate of drug-likeness (QED) is 0.689. The maximum atomic E-state index is 11.8. The Balaban J connectivity index is 4.57. The van der Waals surface area contributed by atoms with E-state index in [9.17, 15) is 9.59 Å². The number of hydrogen-bond acceptors (Lipinski definition) is 3. The van der Waals surface area contributed by atoms with E-state index >= 15 is 0 Å². The molecular formula is C12H23NO3S. The summed E-state index contributed by atoms with van der Waals surface area (Å²) in [5.41, 5.74) is -1.37. The second-order valence-corrected chi connectivity index (χ2v) is 5.98. The number of carboxylic acids is 1. The summed E-state index contributed by atoms with van der Waals surface area (Å²) in [5, 5.41) is 11.7. The van der Waals surface area contributed by atoms with Crippen LogP contribution >= 0.6 is 11.8 Å². The van der Waals surface area contributed by atoms with Crippen LogP contribution in [0.2, 0.25) is 0 Å². The van der Waals surface area contributed by atoms with Gasteiger partial charge in [0.05, 0.1) is 0 Å². The van der Waals surface area contributed by atoms with E-state index in [1.807, 2.05) is 6.26 Å². The van der Waals surface area contributed by atoms with Gasteiger partial charge in [0.1, 0.15) is 5.41 Å². The number of carbonyl (C=O) groups is 2. The van der Waals surface area contributed by atoms with Gasteiger partial charge in [-0.3, -0.25) is 9.59 Å². The average molecular weight is 261 g/mol. The van der Waals surface area contributed by atoms with Gasteiger partial charge >= 0.3 is 5.97 Å². The first-order valence-corrected chi connectivity index (χ1v) is 7.05. The van der Waals surface area contributed by atoms with E-state index in [-0.39, 0.29) is 4.75 Å². The van der Waals surface area contributed by atoms with Crippen molar-refractivity contribution in [2.75, 3.05) is 12.8 Å². The highest BCUT2D eigenvalue weighted by Gasteiger charge is 2.37. The number of aliphatic carboxylic acids is 1. The highest BCUT2D eigenvalue weighted by Crippen LogP contribution is 2.29. The lowest BCUT2D eigenvalue weighted by molar-refractivity contribution is -0.153. The molecule has 0 heterocycles. The minimum atomic E-state index is -1.37. The minimum Gasteiger partial charge on any atom is -0.480 e. The monoisotopic (exact) mass is 261 g/mol. The molecule has 0 saturated carbocycles. The van der Waals surface area contributed by atoms with Gasteiger partial charge in [-0.25, -0.2) is 0 Å². The fraction of sp³-hybridized carbons (Fsp3) is 0.833. The SMILES string of the molecule is CCC(CC)(CNC(=O)C(C)(C)C(=O)O)SC. The molecule has 0 aromatic heterocycles. The van der Waals surface area contributed by atoms with Crippen LogP contribution < -0.4 is 5.32 Å². The standard InChI is InChI=1S/C12H23NO3S/c1-6-12(7-2,17-5)8-13-9(14)11(3,4)10(15)16/h6-8H2,1-5H3,(H,13,14)(H,15,16). The van der Waals surface area contributed by atoms with Crippen molar-refractivity contribution >= 4 is 23.6 Å². The van der Waals surface area contributed by atoms with Gasteiger partial charge in [0.25, 0.3) is 0 Å². The summed E-state index contributed by atoms with van der Waals surface area (Å²) in [6, 6.07) is 0. The van der Waals surface area contributed by atoms with Crippen molar-refractivity contribution in [3.8, 4) is 0 Å². The Labute approximate surface area is 108 Å². The summed E-state index contributed by atoms with van der Waals surface area (Å²) in [4.78, 5) is 22.7. The molecule has 4 nitrogen and oxygen atoms in total. The summed E-state index contributed by atoms with van der Waals surface area (Å²) in [7, 11) is 0. The van der Waals surface area contributed by atoms with Crippen molar-refractivity contribution in [3.05, 3.63) is 0 Å². The predicted octanol–water partition coefficient (Wildman–Crippen LogP) is 2.14. The van der Waals surface area contributed by atoms with Crippen LogP contribution in [-0.4, -0.2) is 34.5 Å².